The highest BCUT2D eigenvalue weighted by atomic mass is 16.6. The maximum Gasteiger partial charge on any atom is 0.151 e. The second-order valence-electron chi connectivity index (χ2n) is 6.90. The van der Waals surface area contributed by atoms with Gasteiger partial charge < -0.3 is 30.4 Å². The number of nitrogen functional groups attached to an aromatic ring is 1. The average Bonchev–Trinajstić information content (AvgIpc) is 3.20. The van der Waals surface area contributed by atoms with Crippen LogP contribution in [0.2, 0.25) is 0 Å². The van der Waals surface area contributed by atoms with Gasteiger partial charge in [0.15, 0.2) is 5.82 Å². The third-order valence-corrected chi connectivity index (χ3v) is 5.08. The molecule has 4 atom stereocenters. The fourth-order valence-electron chi connectivity index (χ4n) is 3.55. The molecule has 8 heteroatoms. The lowest BCUT2D eigenvalue weighted by Gasteiger charge is -2.29. The predicted molar refractivity (Wildman–Crippen MR) is 98.6 cm³/mol. The van der Waals surface area contributed by atoms with Gasteiger partial charge in [-0.15, -0.1) is 0 Å². The number of anilines is 1. The zero-order valence-electron chi connectivity index (χ0n) is 14.9. The molecule has 0 bridgehead atoms. The lowest BCUT2D eigenvalue weighted by Crippen LogP contribution is -2.47. The monoisotopic (exact) mass is 370 g/mol. The second kappa shape index (κ2) is 6.90. The number of nitrogens with one attached hydrogen (secondary N) is 1. The number of aromatic amines is 1. The standard InChI is InChI=1S/C19H22N4O4/c1-19(25)13(8-24)27-16(17(19)26-9-11-5-3-2-4-6-11)12-7-21-15-14(12)22-10-23-18(15)20/h2-7,10,13,16-17,21,24-25H,8-9H2,1H3,(H2,20,22,23)/t13?,16?,17-,19+/m0/s1. The molecule has 0 spiro atoms. The molecule has 27 heavy (non-hydrogen) atoms. The van der Waals surface area contributed by atoms with E-state index in [1.807, 2.05) is 30.3 Å². The largest absolute Gasteiger partial charge is 0.394 e. The molecule has 4 rings (SSSR count). The Balaban J connectivity index is 1.69. The van der Waals surface area contributed by atoms with Gasteiger partial charge in [-0.3, -0.25) is 0 Å². The molecule has 0 aliphatic carbocycles. The van der Waals surface area contributed by atoms with Crippen molar-refractivity contribution in [1.29, 1.82) is 0 Å². The molecule has 0 radical (unpaired) electrons. The highest BCUT2D eigenvalue weighted by molar-refractivity contribution is 5.87. The summed E-state index contributed by atoms with van der Waals surface area (Å²) in [6.07, 6.45) is 1.00. The van der Waals surface area contributed by atoms with Gasteiger partial charge in [-0.2, -0.15) is 0 Å². The van der Waals surface area contributed by atoms with E-state index in [0.717, 1.165) is 5.56 Å². The topological polar surface area (TPSA) is 127 Å². The Hall–Kier alpha value is -2.52. The van der Waals surface area contributed by atoms with Crippen molar-refractivity contribution in [3.05, 3.63) is 54.0 Å². The zero-order valence-corrected chi connectivity index (χ0v) is 14.9. The van der Waals surface area contributed by atoms with Crippen molar-refractivity contribution in [3.8, 4) is 0 Å². The normalized spacial score (nSPS) is 28.0. The number of ether oxygens (including phenoxy) is 2. The molecule has 8 nitrogen and oxygen atoms in total. The summed E-state index contributed by atoms with van der Waals surface area (Å²) in [5.74, 6) is 0.330. The molecule has 1 saturated heterocycles. The van der Waals surface area contributed by atoms with E-state index in [-0.39, 0.29) is 6.61 Å². The van der Waals surface area contributed by atoms with Crippen LogP contribution < -0.4 is 5.73 Å². The SMILES string of the molecule is C[C@@]1(O)C(CO)OC(c2c[nH]c3c(N)ncnc23)[C@@H]1OCc1ccccc1. The van der Waals surface area contributed by atoms with Gasteiger partial charge in [0.25, 0.3) is 0 Å². The van der Waals surface area contributed by atoms with Crippen LogP contribution in [0.4, 0.5) is 5.82 Å². The van der Waals surface area contributed by atoms with E-state index in [1.165, 1.54) is 6.33 Å². The van der Waals surface area contributed by atoms with Crippen LogP contribution >= 0.6 is 0 Å². The van der Waals surface area contributed by atoms with Crippen LogP contribution in [0.3, 0.4) is 0 Å². The lowest BCUT2D eigenvalue weighted by molar-refractivity contribution is -0.104. The summed E-state index contributed by atoms with van der Waals surface area (Å²) >= 11 is 0. The van der Waals surface area contributed by atoms with E-state index >= 15 is 0 Å². The number of rotatable bonds is 5. The molecule has 2 unspecified atom stereocenters. The van der Waals surface area contributed by atoms with E-state index in [4.69, 9.17) is 15.2 Å². The van der Waals surface area contributed by atoms with E-state index in [1.54, 1.807) is 13.1 Å². The molecule has 3 aromatic rings. The van der Waals surface area contributed by atoms with Gasteiger partial charge in [0.2, 0.25) is 0 Å². The number of hydrogen-bond donors (Lipinski definition) is 4. The summed E-state index contributed by atoms with van der Waals surface area (Å²) in [5.41, 5.74) is 7.41. The van der Waals surface area contributed by atoms with E-state index in [2.05, 4.69) is 15.0 Å². The molecule has 3 heterocycles. The minimum atomic E-state index is -1.38. The first-order valence-corrected chi connectivity index (χ1v) is 8.74. The van der Waals surface area contributed by atoms with Crippen LogP contribution in [-0.2, 0) is 16.1 Å². The molecule has 1 aliphatic rings. The Bertz CT molecular complexity index is 928. The number of aliphatic hydroxyl groups excluding tert-OH is 1. The fourth-order valence-corrected chi connectivity index (χ4v) is 3.55. The Labute approximate surface area is 156 Å². The number of nitrogens with two attached hydrogens (primary N) is 1. The molecule has 2 aromatic heterocycles. The number of fused-ring (bicyclic) bond motifs is 1. The van der Waals surface area contributed by atoms with Crippen molar-refractivity contribution >= 4 is 16.9 Å². The van der Waals surface area contributed by atoms with Crippen molar-refractivity contribution in [2.45, 2.75) is 37.4 Å². The first-order chi connectivity index (χ1) is 13.0. The van der Waals surface area contributed by atoms with Crippen molar-refractivity contribution < 1.29 is 19.7 Å². The number of hydrogen-bond acceptors (Lipinski definition) is 7. The molecule has 1 aromatic carbocycles. The third kappa shape index (κ3) is 3.06. The summed E-state index contributed by atoms with van der Waals surface area (Å²) in [7, 11) is 0. The minimum absolute atomic E-state index is 0.305. The molecular weight excluding hydrogens is 348 g/mol. The first-order valence-electron chi connectivity index (χ1n) is 8.74. The first kappa shape index (κ1) is 17.9. The number of nitrogens with zero attached hydrogens (tertiary/aromatic N) is 2. The Morgan fingerprint density at radius 1 is 1.30 bits per heavy atom. The highest BCUT2D eigenvalue weighted by Crippen LogP contribution is 2.44. The summed E-state index contributed by atoms with van der Waals surface area (Å²) in [6, 6.07) is 9.68. The van der Waals surface area contributed by atoms with Crippen LogP contribution in [-0.4, -0.2) is 49.6 Å². The molecule has 142 valence electrons. The van der Waals surface area contributed by atoms with Gasteiger partial charge in [-0.25, -0.2) is 9.97 Å². The van der Waals surface area contributed by atoms with Crippen LogP contribution in [0.15, 0.2) is 42.9 Å². The molecular formula is C19H22N4O4. The second-order valence-corrected chi connectivity index (χ2v) is 6.90. The summed E-state index contributed by atoms with van der Waals surface area (Å²) < 4.78 is 12.1. The van der Waals surface area contributed by atoms with Gasteiger partial charge in [0.1, 0.15) is 35.8 Å². The average molecular weight is 370 g/mol. The number of aliphatic hydroxyl groups is 2. The van der Waals surface area contributed by atoms with Gasteiger partial charge in [-0.05, 0) is 12.5 Å². The van der Waals surface area contributed by atoms with Crippen LogP contribution in [0, 0.1) is 0 Å². The Morgan fingerprint density at radius 3 is 2.81 bits per heavy atom. The number of benzene rings is 1. The van der Waals surface area contributed by atoms with Crippen molar-refractivity contribution in [2.75, 3.05) is 12.3 Å². The Kier molecular flexibility index (Phi) is 4.56. The van der Waals surface area contributed by atoms with Gasteiger partial charge >= 0.3 is 0 Å². The summed E-state index contributed by atoms with van der Waals surface area (Å²) in [6.45, 7) is 1.59. The van der Waals surface area contributed by atoms with Gasteiger partial charge in [0, 0.05) is 11.8 Å². The smallest absolute Gasteiger partial charge is 0.151 e. The predicted octanol–water partition coefficient (Wildman–Crippen LogP) is 1.31. The summed E-state index contributed by atoms with van der Waals surface area (Å²) in [5, 5.41) is 20.7. The summed E-state index contributed by atoms with van der Waals surface area (Å²) in [4.78, 5) is 11.3. The van der Waals surface area contributed by atoms with E-state index in [0.29, 0.717) is 29.0 Å². The quantitative estimate of drug-likeness (QED) is 0.533. The zero-order chi connectivity index (χ0) is 19.0. The van der Waals surface area contributed by atoms with Gasteiger partial charge in [0.05, 0.1) is 18.7 Å². The van der Waals surface area contributed by atoms with Gasteiger partial charge in [-0.1, -0.05) is 30.3 Å². The van der Waals surface area contributed by atoms with Crippen molar-refractivity contribution in [3.63, 3.8) is 0 Å². The van der Waals surface area contributed by atoms with Crippen molar-refractivity contribution in [1.82, 2.24) is 15.0 Å². The van der Waals surface area contributed by atoms with Crippen molar-refractivity contribution in [2.24, 2.45) is 0 Å². The van der Waals surface area contributed by atoms with Crippen LogP contribution in [0.5, 0.6) is 0 Å². The highest BCUT2D eigenvalue weighted by Gasteiger charge is 2.54. The molecule has 0 amide bonds. The fraction of sp³-hybridized carbons (Fsp3) is 0.368. The van der Waals surface area contributed by atoms with E-state index < -0.39 is 23.9 Å². The maximum absolute atomic E-state index is 11.0. The lowest BCUT2D eigenvalue weighted by atomic mass is 9.90. The Morgan fingerprint density at radius 2 is 2.07 bits per heavy atom. The molecule has 0 saturated carbocycles. The molecule has 1 fully saturated rings. The van der Waals surface area contributed by atoms with Crippen LogP contribution in [0.1, 0.15) is 24.2 Å². The number of aromatic nitrogens is 3. The molecule has 1 aliphatic heterocycles. The molecule has 5 N–H and O–H groups in total. The maximum atomic E-state index is 11.0. The van der Waals surface area contributed by atoms with Crippen LogP contribution in [0.25, 0.3) is 11.0 Å². The number of H-pyrrole nitrogens is 1. The third-order valence-electron chi connectivity index (χ3n) is 5.08. The minimum Gasteiger partial charge on any atom is -0.394 e. The van der Waals surface area contributed by atoms with E-state index in [9.17, 15) is 10.2 Å².